The molecule has 1 N–H and O–H groups in total. The van der Waals surface area contributed by atoms with Crippen molar-refractivity contribution in [2.75, 3.05) is 38.2 Å². The van der Waals surface area contributed by atoms with Gasteiger partial charge in [0.2, 0.25) is 10.0 Å². The van der Waals surface area contributed by atoms with Crippen LogP contribution in [-0.4, -0.2) is 56.5 Å². The molecule has 2 heterocycles. The molecule has 1 saturated heterocycles. The van der Waals surface area contributed by atoms with Crippen molar-refractivity contribution in [1.82, 2.24) is 9.29 Å². The molecule has 0 saturated carbocycles. The zero-order chi connectivity index (χ0) is 23.4. The number of morpholine rings is 1. The maximum Gasteiger partial charge on any atom is 0.275 e. The van der Waals surface area contributed by atoms with Crippen molar-refractivity contribution in [3.05, 3.63) is 59.4 Å². The van der Waals surface area contributed by atoms with E-state index in [1.807, 2.05) is 31.2 Å². The number of rotatable bonds is 7. The van der Waals surface area contributed by atoms with Crippen molar-refractivity contribution in [2.45, 2.75) is 11.8 Å². The van der Waals surface area contributed by atoms with Gasteiger partial charge in [0.1, 0.15) is 27.2 Å². The smallest absolute Gasteiger partial charge is 0.275 e. The van der Waals surface area contributed by atoms with Gasteiger partial charge in [-0.25, -0.2) is 17.8 Å². The van der Waals surface area contributed by atoms with Gasteiger partial charge in [0.25, 0.3) is 5.91 Å². The van der Waals surface area contributed by atoms with Gasteiger partial charge in [-0.1, -0.05) is 0 Å². The zero-order valence-corrected chi connectivity index (χ0v) is 19.4. The van der Waals surface area contributed by atoms with Gasteiger partial charge in [-0.3, -0.25) is 4.79 Å². The van der Waals surface area contributed by atoms with Crippen LogP contribution in [0.4, 0.5) is 10.1 Å². The van der Waals surface area contributed by atoms with Crippen molar-refractivity contribution in [3.8, 4) is 16.3 Å². The van der Waals surface area contributed by atoms with Crippen LogP contribution in [0.2, 0.25) is 0 Å². The molecule has 11 heteroatoms. The molecule has 1 amide bonds. The molecule has 1 aliphatic heterocycles. The molecule has 0 atom stereocenters. The molecule has 1 aromatic heterocycles. The van der Waals surface area contributed by atoms with Crippen molar-refractivity contribution in [1.29, 1.82) is 0 Å². The van der Waals surface area contributed by atoms with Crippen LogP contribution < -0.4 is 10.1 Å². The number of carbonyl (C=O) groups excluding carboxylic acids is 1. The molecular weight excluding hydrogens is 469 g/mol. The summed E-state index contributed by atoms with van der Waals surface area (Å²) in [7, 11) is -4.05. The Morgan fingerprint density at radius 3 is 2.64 bits per heavy atom. The van der Waals surface area contributed by atoms with E-state index in [1.165, 1.54) is 21.7 Å². The van der Waals surface area contributed by atoms with E-state index in [0.29, 0.717) is 11.6 Å². The second-order valence-corrected chi connectivity index (χ2v) is 9.88. The molecule has 174 valence electrons. The Kier molecular flexibility index (Phi) is 7.03. The number of halogens is 1. The highest BCUT2D eigenvalue weighted by Gasteiger charge is 2.29. The summed E-state index contributed by atoms with van der Waals surface area (Å²) in [6.07, 6.45) is 0. The van der Waals surface area contributed by atoms with Crippen molar-refractivity contribution in [2.24, 2.45) is 0 Å². The summed E-state index contributed by atoms with van der Waals surface area (Å²) in [5.41, 5.74) is 1.16. The minimum atomic E-state index is -4.05. The number of anilines is 1. The predicted molar refractivity (Wildman–Crippen MR) is 123 cm³/mol. The fourth-order valence-corrected chi connectivity index (χ4v) is 5.58. The number of nitrogens with zero attached hydrogens (tertiary/aromatic N) is 2. The topological polar surface area (TPSA) is 97.8 Å². The van der Waals surface area contributed by atoms with Crippen LogP contribution in [0.5, 0.6) is 5.75 Å². The first-order valence-corrected chi connectivity index (χ1v) is 12.6. The monoisotopic (exact) mass is 491 g/mol. The molecule has 33 heavy (non-hydrogen) atoms. The first-order chi connectivity index (χ1) is 15.9. The summed E-state index contributed by atoms with van der Waals surface area (Å²) in [6.45, 7) is 3.26. The number of benzene rings is 2. The van der Waals surface area contributed by atoms with Crippen LogP contribution in [-0.2, 0) is 14.8 Å². The van der Waals surface area contributed by atoms with Crippen LogP contribution in [0.25, 0.3) is 10.6 Å². The van der Waals surface area contributed by atoms with Gasteiger partial charge in [0.05, 0.1) is 19.8 Å². The quantitative estimate of drug-likeness (QED) is 0.542. The maximum absolute atomic E-state index is 14.4. The molecule has 0 aliphatic carbocycles. The molecule has 0 radical (unpaired) electrons. The van der Waals surface area contributed by atoms with Crippen molar-refractivity contribution in [3.63, 3.8) is 0 Å². The molecule has 4 rings (SSSR count). The Hall–Kier alpha value is -2.86. The molecule has 0 unspecified atom stereocenters. The molecule has 0 spiro atoms. The minimum Gasteiger partial charge on any atom is -0.494 e. The highest BCUT2D eigenvalue weighted by Crippen LogP contribution is 2.27. The van der Waals surface area contributed by atoms with Gasteiger partial charge < -0.3 is 14.8 Å². The van der Waals surface area contributed by atoms with Crippen LogP contribution >= 0.6 is 11.3 Å². The molecule has 8 nitrogen and oxygen atoms in total. The van der Waals surface area contributed by atoms with Gasteiger partial charge in [-0.15, -0.1) is 11.3 Å². The maximum atomic E-state index is 14.4. The first kappa shape index (κ1) is 23.3. The SMILES string of the molecule is CCOc1ccc(-c2nc(C(=O)Nc3ccc(F)c(S(=O)(=O)N4CCOCC4)c3)cs2)cc1. The summed E-state index contributed by atoms with van der Waals surface area (Å²) in [6, 6.07) is 10.8. The van der Waals surface area contributed by atoms with E-state index in [1.54, 1.807) is 5.38 Å². The average molecular weight is 492 g/mol. The molecule has 3 aromatic rings. The second-order valence-electron chi connectivity index (χ2n) is 7.11. The fourth-order valence-electron chi connectivity index (χ4n) is 3.27. The van der Waals surface area contributed by atoms with E-state index in [0.717, 1.165) is 23.4 Å². The van der Waals surface area contributed by atoms with E-state index in [2.05, 4.69) is 10.3 Å². The number of carbonyl (C=O) groups is 1. The summed E-state index contributed by atoms with van der Waals surface area (Å²) in [4.78, 5) is 16.6. The molecule has 1 aliphatic rings. The highest BCUT2D eigenvalue weighted by atomic mass is 32.2. The number of nitrogens with one attached hydrogen (secondary N) is 1. The Labute approximate surface area is 195 Å². The predicted octanol–water partition coefficient (Wildman–Crippen LogP) is 3.62. The summed E-state index contributed by atoms with van der Waals surface area (Å²) in [5.74, 6) is -0.661. The standard InChI is InChI=1S/C22H22FN3O5S2/c1-2-31-17-6-3-15(4-7-17)22-25-19(14-32-22)21(27)24-16-5-8-18(23)20(13-16)33(28,29)26-9-11-30-12-10-26/h3-8,13-14H,2,9-12H2,1H3,(H,24,27). The summed E-state index contributed by atoms with van der Waals surface area (Å²) >= 11 is 1.30. The molecule has 1 fully saturated rings. The number of aromatic nitrogens is 1. The lowest BCUT2D eigenvalue weighted by molar-refractivity contribution is 0.0729. The fraction of sp³-hybridized carbons (Fsp3) is 0.273. The summed E-state index contributed by atoms with van der Waals surface area (Å²) in [5, 5.41) is 4.86. The number of hydrogen-bond acceptors (Lipinski definition) is 7. The Bertz CT molecular complexity index is 1240. The zero-order valence-electron chi connectivity index (χ0n) is 17.8. The van der Waals surface area contributed by atoms with Gasteiger partial charge >= 0.3 is 0 Å². The van der Waals surface area contributed by atoms with E-state index in [-0.39, 0.29) is 37.7 Å². The Morgan fingerprint density at radius 1 is 1.21 bits per heavy atom. The van der Waals surface area contributed by atoms with Crippen LogP contribution in [0.15, 0.2) is 52.7 Å². The van der Waals surface area contributed by atoms with E-state index in [9.17, 15) is 17.6 Å². The number of sulfonamides is 1. The lowest BCUT2D eigenvalue weighted by Crippen LogP contribution is -2.40. The second kappa shape index (κ2) is 9.96. The number of thiazole rings is 1. The minimum absolute atomic E-state index is 0.144. The van der Waals surface area contributed by atoms with Gasteiger partial charge in [0.15, 0.2) is 0 Å². The number of amides is 1. The van der Waals surface area contributed by atoms with Gasteiger partial charge in [0, 0.05) is 29.7 Å². The van der Waals surface area contributed by atoms with Gasteiger partial charge in [-0.2, -0.15) is 4.31 Å². The molecule has 0 bridgehead atoms. The average Bonchev–Trinajstić information content (AvgIpc) is 3.32. The van der Waals surface area contributed by atoms with E-state index < -0.39 is 26.6 Å². The lowest BCUT2D eigenvalue weighted by Gasteiger charge is -2.26. The van der Waals surface area contributed by atoms with Gasteiger partial charge in [-0.05, 0) is 49.4 Å². The highest BCUT2D eigenvalue weighted by molar-refractivity contribution is 7.89. The largest absolute Gasteiger partial charge is 0.494 e. The van der Waals surface area contributed by atoms with E-state index in [4.69, 9.17) is 9.47 Å². The summed E-state index contributed by atoms with van der Waals surface area (Å²) < 4.78 is 51.8. The Balaban J connectivity index is 1.50. The van der Waals surface area contributed by atoms with E-state index >= 15 is 0 Å². The normalized spacial score (nSPS) is 14.7. The lowest BCUT2D eigenvalue weighted by atomic mass is 10.2. The number of ether oxygens (including phenoxy) is 2. The van der Waals surface area contributed by atoms with Crippen LogP contribution in [0.3, 0.4) is 0 Å². The Morgan fingerprint density at radius 2 is 1.94 bits per heavy atom. The third kappa shape index (κ3) is 5.22. The molecule has 2 aromatic carbocycles. The third-order valence-corrected chi connectivity index (χ3v) is 7.73. The van der Waals surface area contributed by atoms with Crippen molar-refractivity contribution < 1.29 is 27.1 Å². The first-order valence-electron chi connectivity index (χ1n) is 10.3. The van der Waals surface area contributed by atoms with Crippen LogP contribution in [0, 0.1) is 5.82 Å². The third-order valence-electron chi connectivity index (χ3n) is 4.93. The number of hydrogen-bond donors (Lipinski definition) is 1. The van der Waals surface area contributed by atoms with Crippen LogP contribution in [0.1, 0.15) is 17.4 Å². The molecular formula is C22H22FN3O5S2. The van der Waals surface area contributed by atoms with Crippen molar-refractivity contribution >= 4 is 33.0 Å².